The zero-order valence-corrected chi connectivity index (χ0v) is 18.8. The second-order valence-electron chi connectivity index (χ2n) is 8.24. The molecule has 174 valence electrons. The molecular formula is C23H38N4O4. The van der Waals surface area contributed by atoms with Crippen molar-refractivity contribution in [3.8, 4) is 0 Å². The smallest absolute Gasteiger partial charge is 0.308 e. The molecule has 0 spiro atoms. The van der Waals surface area contributed by atoms with Gasteiger partial charge in [0.1, 0.15) is 5.76 Å². The molecule has 0 aromatic carbocycles. The minimum Gasteiger partial charge on any atom is -0.469 e. The van der Waals surface area contributed by atoms with Crippen LogP contribution in [0.2, 0.25) is 0 Å². The number of esters is 1. The summed E-state index contributed by atoms with van der Waals surface area (Å²) in [6.45, 7) is 8.61. The average molecular weight is 435 g/mol. The van der Waals surface area contributed by atoms with Gasteiger partial charge in [0, 0.05) is 45.2 Å². The number of morpholine rings is 1. The Kier molecular flexibility index (Phi) is 10.2. The van der Waals surface area contributed by atoms with Crippen LogP contribution >= 0.6 is 0 Å². The lowest BCUT2D eigenvalue weighted by Gasteiger charge is -2.29. The highest BCUT2D eigenvalue weighted by Gasteiger charge is 2.27. The van der Waals surface area contributed by atoms with Gasteiger partial charge in [-0.05, 0) is 51.2 Å². The van der Waals surface area contributed by atoms with Crippen molar-refractivity contribution in [1.82, 2.24) is 15.5 Å². The summed E-state index contributed by atoms with van der Waals surface area (Å²) in [5, 5.41) is 7.04. The van der Waals surface area contributed by atoms with Crippen LogP contribution in [0.3, 0.4) is 0 Å². The Labute approximate surface area is 185 Å². The van der Waals surface area contributed by atoms with Crippen molar-refractivity contribution in [2.75, 3.05) is 52.5 Å². The molecule has 1 aliphatic heterocycles. The van der Waals surface area contributed by atoms with Crippen LogP contribution in [0.5, 0.6) is 0 Å². The van der Waals surface area contributed by atoms with Gasteiger partial charge in [-0.3, -0.25) is 14.7 Å². The van der Waals surface area contributed by atoms with E-state index in [-0.39, 0.29) is 11.9 Å². The van der Waals surface area contributed by atoms with E-state index in [1.165, 1.54) is 0 Å². The largest absolute Gasteiger partial charge is 0.469 e. The number of carbonyl (C=O) groups is 1. The molecule has 3 rings (SSSR count). The number of hydrogen-bond acceptors (Lipinski definition) is 6. The van der Waals surface area contributed by atoms with Crippen molar-refractivity contribution in [3.63, 3.8) is 0 Å². The lowest BCUT2D eigenvalue weighted by molar-refractivity contribution is -0.149. The molecule has 1 aromatic heterocycles. The molecular weight excluding hydrogens is 396 g/mol. The first-order valence-corrected chi connectivity index (χ1v) is 11.8. The van der Waals surface area contributed by atoms with Gasteiger partial charge in [0.2, 0.25) is 0 Å². The predicted octanol–water partition coefficient (Wildman–Crippen LogP) is 2.20. The maximum absolute atomic E-state index is 12.0. The number of hydrogen-bond donors (Lipinski definition) is 2. The molecule has 1 aliphatic carbocycles. The standard InChI is InChI=1S/C23H38N4O4/c1-2-30-22(28)19-6-8-20(9-7-19)26-23(25-12-10-21-5-3-16-31-21)24-11-4-13-27-14-17-29-18-15-27/h3,5,16,19-20H,2,4,6-15,17-18H2,1H3,(H2,24,25,26). The molecule has 2 fully saturated rings. The predicted molar refractivity (Wildman–Crippen MR) is 120 cm³/mol. The molecule has 31 heavy (non-hydrogen) atoms. The number of carbonyl (C=O) groups excluding carboxylic acids is 1. The number of ether oxygens (including phenoxy) is 2. The Bertz CT molecular complexity index is 651. The van der Waals surface area contributed by atoms with Crippen molar-refractivity contribution in [2.45, 2.75) is 51.5 Å². The van der Waals surface area contributed by atoms with Gasteiger partial charge in [-0.15, -0.1) is 0 Å². The molecule has 1 aromatic rings. The van der Waals surface area contributed by atoms with Crippen molar-refractivity contribution in [1.29, 1.82) is 0 Å². The second-order valence-corrected chi connectivity index (χ2v) is 8.24. The molecule has 1 saturated carbocycles. The molecule has 0 unspecified atom stereocenters. The first-order valence-electron chi connectivity index (χ1n) is 11.8. The lowest BCUT2D eigenvalue weighted by atomic mass is 9.86. The normalized spacial score (nSPS) is 22.8. The molecule has 0 atom stereocenters. The lowest BCUT2D eigenvalue weighted by Crippen LogP contribution is -2.46. The molecule has 8 heteroatoms. The SMILES string of the molecule is CCOC(=O)C1CCC(NC(=NCCCN2CCOCC2)NCCc2ccco2)CC1. The Morgan fingerprint density at radius 1 is 1.26 bits per heavy atom. The molecule has 0 bridgehead atoms. The Hall–Kier alpha value is -2.06. The van der Waals surface area contributed by atoms with Crippen molar-refractivity contribution in [2.24, 2.45) is 10.9 Å². The van der Waals surface area contributed by atoms with Crippen LogP contribution in [0.25, 0.3) is 0 Å². The van der Waals surface area contributed by atoms with Crippen LogP contribution in [-0.4, -0.2) is 75.4 Å². The number of nitrogens with one attached hydrogen (secondary N) is 2. The molecule has 0 radical (unpaired) electrons. The summed E-state index contributed by atoms with van der Waals surface area (Å²) in [4.78, 5) is 19.2. The summed E-state index contributed by atoms with van der Waals surface area (Å²) in [5.41, 5.74) is 0. The summed E-state index contributed by atoms with van der Waals surface area (Å²) in [7, 11) is 0. The van der Waals surface area contributed by atoms with E-state index in [1.54, 1.807) is 6.26 Å². The first-order chi connectivity index (χ1) is 15.2. The fourth-order valence-corrected chi connectivity index (χ4v) is 4.15. The summed E-state index contributed by atoms with van der Waals surface area (Å²) in [6.07, 6.45) is 7.20. The van der Waals surface area contributed by atoms with Crippen molar-refractivity contribution in [3.05, 3.63) is 24.2 Å². The zero-order chi connectivity index (χ0) is 21.7. The number of guanidine groups is 1. The molecule has 2 N–H and O–H groups in total. The summed E-state index contributed by atoms with van der Waals surface area (Å²) in [6, 6.07) is 4.24. The van der Waals surface area contributed by atoms with Gasteiger partial charge in [0.25, 0.3) is 0 Å². The van der Waals surface area contributed by atoms with Crippen LogP contribution < -0.4 is 10.6 Å². The minimum atomic E-state index is -0.0467. The van der Waals surface area contributed by atoms with Gasteiger partial charge in [0.15, 0.2) is 5.96 Å². The third-order valence-electron chi connectivity index (χ3n) is 5.94. The third-order valence-corrected chi connectivity index (χ3v) is 5.94. The quantitative estimate of drug-likeness (QED) is 0.253. The van der Waals surface area contributed by atoms with Crippen LogP contribution in [0, 0.1) is 5.92 Å². The number of nitrogens with zero attached hydrogens (tertiary/aromatic N) is 2. The zero-order valence-electron chi connectivity index (χ0n) is 18.8. The molecule has 2 heterocycles. The first kappa shape index (κ1) is 23.6. The monoisotopic (exact) mass is 434 g/mol. The maximum atomic E-state index is 12.0. The van der Waals surface area contributed by atoms with Crippen molar-refractivity contribution >= 4 is 11.9 Å². The molecule has 8 nitrogen and oxygen atoms in total. The average Bonchev–Trinajstić information content (AvgIpc) is 3.31. The van der Waals surface area contributed by atoms with Gasteiger partial charge >= 0.3 is 5.97 Å². The Morgan fingerprint density at radius 2 is 2.06 bits per heavy atom. The van der Waals surface area contributed by atoms with E-state index in [4.69, 9.17) is 18.9 Å². The van der Waals surface area contributed by atoms with E-state index in [0.717, 1.165) is 96.2 Å². The van der Waals surface area contributed by atoms with E-state index in [1.807, 2.05) is 19.1 Å². The van der Waals surface area contributed by atoms with Gasteiger partial charge in [-0.25, -0.2) is 0 Å². The molecule has 2 aliphatic rings. The summed E-state index contributed by atoms with van der Waals surface area (Å²) in [5.74, 6) is 1.82. The van der Waals surface area contributed by atoms with Gasteiger partial charge in [-0.2, -0.15) is 0 Å². The second kappa shape index (κ2) is 13.4. The van der Waals surface area contributed by atoms with Gasteiger partial charge in [0.05, 0.1) is 32.0 Å². The van der Waals surface area contributed by atoms with Crippen LogP contribution in [-0.2, 0) is 20.7 Å². The summed E-state index contributed by atoms with van der Waals surface area (Å²) >= 11 is 0. The summed E-state index contributed by atoms with van der Waals surface area (Å²) < 4.78 is 16.0. The van der Waals surface area contributed by atoms with Crippen LogP contribution in [0.1, 0.15) is 44.8 Å². The van der Waals surface area contributed by atoms with Crippen LogP contribution in [0.4, 0.5) is 0 Å². The van der Waals surface area contributed by atoms with E-state index >= 15 is 0 Å². The number of furan rings is 1. The van der Waals surface area contributed by atoms with Crippen LogP contribution in [0.15, 0.2) is 27.8 Å². The molecule has 0 amide bonds. The fourth-order valence-electron chi connectivity index (χ4n) is 4.15. The van der Waals surface area contributed by atoms with E-state index in [2.05, 4.69) is 15.5 Å². The fraction of sp³-hybridized carbons (Fsp3) is 0.739. The van der Waals surface area contributed by atoms with Gasteiger partial charge in [-0.1, -0.05) is 0 Å². The highest BCUT2D eigenvalue weighted by atomic mass is 16.5. The topological polar surface area (TPSA) is 88.3 Å². The molecule has 1 saturated heterocycles. The maximum Gasteiger partial charge on any atom is 0.308 e. The van der Waals surface area contributed by atoms with E-state index in [9.17, 15) is 4.79 Å². The van der Waals surface area contributed by atoms with E-state index in [0.29, 0.717) is 12.6 Å². The van der Waals surface area contributed by atoms with Crippen molar-refractivity contribution < 1.29 is 18.7 Å². The van der Waals surface area contributed by atoms with E-state index < -0.39 is 0 Å². The highest BCUT2D eigenvalue weighted by Crippen LogP contribution is 2.25. The number of rotatable bonds is 10. The Balaban J connectivity index is 1.44. The minimum absolute atomic E-state index is 0.0406. The number of aliphatic imine (C=N–C) groups is 1. The Morgan fingerprint density at radius 3 is 2.77 bits per heavy atom. The highest BCUT2D eigenvalue weighted by molar-refractivity contribution is 5.80. The third kappa shape index (κ3) is 8.53. The van der Waals surface area contributed by atoms with Gasteiger partial charge < -0.3 is 24.5 Å².